The summed E-state index contributed by atoms with van der Waals surface area (Å²) in [5.41, 5.74) is 2.55. The molecule has 3 rings (SSSR count). The lowest BCUT2D eigenvalue weighted by atomic mass is 9.77. The third-order valence-electron chi connectivity index (χ3n) is 4.39. The van der Waals surface area contributed by atoms with Crippen molar-refractivity contribution in [3.05, 3.63) is 11.1 Å². The van der Waals surface area contributed by atoms with Crippen molar-refractivity contribution in [3.8, 4) is 0 Å². The van der Waals surface area contributed by atoms with Crippen LogP contribution in [0.4, 0.5) is 0 Å². The van der Waals surface area contributed by atoms with Crippen LogP contribution in [0.1, 0.15) is 58.3 Å². The number of ether oxygens (including phenoxy) is 1. The van der Waals surface area contributed by atoms with E-state index in [9.17, 15) is 5.11 Å². The molecule has 0 aromatic rings. The third kappa shape index (κ3) is 1.31. The first kappa shape index (κ1) is 9.86. The molecule has 1 aliphatic carbocycles. The smallest absolute Gasteiger partial charge is 0.189 e. The molecule has 0 saturated carbocycles. The summed E-state index contributed by atoms with van der Waals surface area (Å²) in [5, 5.41) is 10.6. The van der Waals surface area contributed by atoms with Gasteiger partial charge >= 0.3 is 0 Å². The van der Waals surface area contributed by atoms with Crippen LogP contribution in [0.2, 0.25) is 0 Å². The van der Waals surface area contributed by atoms with Crippen LogP contribution in [-0.2, 0) is 4.74 Å². The number of hydrogen-bond donors (Lipinski definition) is 1. The van der Waals surface area contributed by atoms with Crippen molar-refractivity contribution >= 4 is 0 Å². The molecule has 15 heavy (non-hydrogen) atoms. The van der Waals surface area contributed by atoms with Gasteiger partial charge in [-0.25, -0.2) is 0 Å². The molecule has 2 heterocycles. The van der Waals surface area contributed by atoms with E-state index in [-0.39, 0.29) is 5.60 Å². The highest BCUT2D eigenvalue weighted by Gasteiger charge is 2.52. The van der Waals surface area contributed by atoms with E-state index < -0.39 is 5.79 Å². The molecular weight excluding hydrogens is 188 g/mol. The molecule has 1 N–H and O–H groups in total. The molecule has 0 aromatic carbocycles. The van der Waals surface area contributed by atoms with Crippen LogP contribution in [-0.4, -0.2) is 16.5 Å². The number of fused-ring (bicyclic) bond motifs is 4. The zero-order chi connectivity index (χ0) is 10.5. The molecular formula is C13H20O2. The van der Waals surface area contributed by atoms with Crippen molar-refractivity contribution in [2.45, 2.75) is 69.7 Å². The third-order valence-corrected chi connectivity index (χ3v) is 4.39. The molecule has 2 atom stereocenters. The summed E-state index contributed by atoms with van der Waals surface area (Å²) < 4.78 is 6.03. The summed E-state index contributed by atoms with van der Waals surface area (Å²) in [6.07, 6.45) is 8.89. The first-order valence-corrected chi connectivity index (χ1v) is 6.30. The maximum absolute atomic E-state index is 10.6. The van der Waals surface area contributed by atoms with Gasteiger partial charge in [0, 0.05) is 6.42 Å². The Balaban J connectivity index is 2.08. The van der Waals surface area contributed by atoms with Crippen molar-refractivity contribution < 1.29 is 9.84 Å². The Morgan fingerprint density at radius 3 is 2.47 bits per heavy atom. The van der Waals surface area contributed by atoms with Crippen molar-refractivity contribution in [1.82, 2.24) is 0 Å². The van der Waals surface area contributed by atoms with Gasteiger partial charge in [0.1, 0.15) is 0 Å². The molecule has 0 spiro atoms. The van der Waals surface area contributed by atoms with Crippen LogP contribution in [0, 0.1) is 0 Å². The monoisotopic (exact) mass is 208 g/mol. The van der Waals surface area contributed by atoms with Gasteiger partial charge in [-0.2, -0.15) is 0 Å². The van der Waals surface area contributed by atoms with Crippen molar-refractivity contribution in [1.29, 1.82) is 0 Å². The van der Waals surface area contributed by atoms with Crippen LogP contribution in [0.5, 0.6) is 0 Å². The summed E-state index contributed by atoms with van der Waals surface area (Å²) in [7, 11) is 0. The molecule has 0 radical (unpaired) electrons. The lowest BCUT2D eigenvalue weighted by Gasteiger charge is -2.28. The number of aliphatic hydroxyl groups is 1. The van der Waals surface area contributed by atoms with E-state index in [0.29, 0.717) is 0 Å². The van der Waals surface area contributed by atoms with Crippen molar-refractivity contribution in [3.63, 3.8) is 0 Å². The van der Waals surface area contributed by atoms with Gasteiger partial charge in [0.15, 0.2) is 5.79 Å². The maximum Gasteiger partial charge on any atom is 0.189 e. The number of rotatable bonds is 0. The Labute approximate surface area is 91.3 Å². The fourth-order valence-electron chi connectivity index (χ4n) is 3.65. The van der Waals surface area contributed by atoms with E-state index in [0.717, 1.165) is 32.1 Å². The topological polar surface area (TPSA) is 29.5 Å². The van der Waals surface area contributed by atoms with Crippen molar-refractivity contribution in [2.24, 2.45) is 0 Å². The van der Waals surface area contributed by atoms with Crippen LogP contribution >= 0.6 is 0 Å². The molecule has 2 nitrogen and oxygen atoms in total. The predicted octanol–water partition coefficient (Wildman–Crippen LogP) is 2.91. The largest absolute Gasteiger partial charge is 0.362 e. The summed E-state index contributed by atoms with van der Waals surface area (Å²) >= 11 is 0. The Hall–Kier alpha value is -0.340. The van der Waals surface area contributed by atoms with Crippen LogP contribution in [0.15, 0.2) is 11.1 Å². The fraction of sp³-hybridized carbons (Fsp3) is 0.846. The zero-order valence-electron chi connectivity index (χ0n) is 9.51. The van der Waals surface area contributed by atoms with Crippen molar-refractivity contribution in [2.75, 3.05) is 0 Å². The Morgan fingerprint density at radius 1 is 1.00 bits per heavy atom. The van der Waals surface area contributed by atoms with Crippen LogP contribution in [0.25, 0.3) is 0 Å². The molecule has 84 valence electrons. The van der Waals surface area contributed by atoms with E-state index in [1.807, 2.05) is 0 Å². The molecule has 3 aliphatic rings. The van der Waals surface area contributed by atoms with E-state index in [4.69, 9.17) is 4.74 Å². The summed E-state index contributed by atoms with van der Waals surface area (Å²) in [6, 6.07) is 0. The molecule has 2 bridgehead atoms. The first-order chi connectivity index (χ1) is 7.14. The maximum atomic E-state index is 10.6. The standard InChI is InChI=1S/C13H20O2/c1-12-8-4-5-9-13(14,15-12)11-7-3-2-6-10(11)12/h14H,2-9H2,1H3/t12-,13+/m1/s1. The highest BCUT2D eigenvalue weighted by molar-refractivity contribution is 5.36. The summed E-state index contributed by atoms with van der Waals surface area (Å²) in [6.45, 7) is 2.18. The summed E-state index contributed by atoms with van der Waals surface area (Å²) in [5.74, 6) is -0.888. The average Bonchev–Trinajstić information content (AvgIpc) is 2.35. The van der Waals surface area contributed by atoms with Gasteiger partial charge in [-0.05, 0) is 56.6 Å². The van der Waals surface area contributed by atoms with E-state index in [2.05, 4.69) is 6.92 Å². The van der Waals surface area contributed by atoms with Gasteiger partial charge in [-0.1, -0.05) is 6.42 Å². The van der Waals surface area contributed by atoms with Gasteiger partial charge in [0.05, 0.1) is 5.60 Å². The fourth-order valence-corrected chi connectivity index (χ4v) is 3.65. The minimum atomic E-state index is -0.888. The van der Waals surface area contributed by atoms with Crippen LogP contribution < -0.4 is 0 Å². The molecule has 2 aliphatic heterocycles. The lowest BCUT2D eigenvalue weighted by Crippen LogP contribution is -2.35. The molecule has 0 aromatic heterocycles. The lowest BCUT2D eigenvalue weighted by molar-refractivity contribution is -0.206. The highest BCUT2D eigenvalue weighted by atomic mass is 16.6. The molecule has 1 fully saturated rings. The van der Waals surface area contributed by atoms with Gasteiger partial charge in [-0.3, -0.25) is 0 Å². The molecule has 2 heteroatoms. The average molecular weight is 208 g/mol. The number of hydrogen-bond acceptors (Lipinski definition) is 2. The quantitative estimate of drug-likeness (QED) is 0.620. The van der Waals surface area contributed by atoms with Gasteiger partial charge in [-0.15, -0.1) is 0 Å². The van der Waals surface area contributed by atoms with Crippen LogP contribution in [0.3, 0.4) is 0 Å². The van der Waals surface area contributed by atoms with E-state index in [1.165, 1.54) is 30.4 Å². The van der Waals surface area contributed by atoms with Gasteiger partial charge in [0.25, 0.3) is 0 Å². The van der Waals surface area contributed by atoms with E-state index >= 15 is 0 Å². The summed E-state index contributed by atoms with van der Waals surface area (Å²) in [4.78, 5) is 0. The SMILES string of the molecule is C[C@]12CCCC[C@](O)(O1)C1=C2CCCC1. The van der Waals surface area contributed by atoms with Gasteiger partial charge < -0.3 is 9.84 Å². The molecule has 0 unspecified atom stereocenters. The normalized spacial score (nSPS) is 45.2. The zero-order valence-corrected chi connectivity index (χ0v) is 9.51. The second-order valence-corrected chi connectivity index (χ2v) is 5.49. The Morgan fingerprint density at radius 2 is 1.67 bits per heavy atom. The Kier molecular flexibility index (Phi) is 2.02. The Bertz CT molecular complexity index is 290. The predicted molar refractivity (Wildman–Crippen MR) is 58.4 cm³/mol. The highest BCUT2D eigenvalue weighted by Crippen LogP contribution is 2.53. The minimum Gasteiger partial charge on any atom is -0.362 e. The minimum absolute atomic E-state index is 0.138. The molecule has 0 amide bonds. The molecule has 1 saturated heterocycles. The first-order valence-electron chi connectivity index (χ1n) is 6.30. The van der Waals surface area contributed by atoms with Gasteiger partial charge in [0.2, 0.25) is 0 Å². The second-order valence-electron chi connectivity index (χ2n) is 5.49. The second kappa shape index (κ2) is 3.08. The van der Waals surface area contributed by atoms with E-state index in [1.54, 1.807) is 0 Å².